The third-order valence-corrected chi connectivity index (χ3v) is 5.17. The van der Waals surface area contributed by atoms with E-state index in [4.69, 9.17) is 21.3 Å². The van der Waals surface area contributed by atoms with Crippen LogP contribution in [0.2, 0.25) is 5.02 Å². The van der Waals surface area contributed by atoms with Crippen molar-refractivity contribution in [1.29, 1.82) is 0 Å². The molecule has 0 aliphatic carbocycles. The molecule has 0 bridgehead atoms. The number of hydrogen-bond acceptors (Lipinski definition) is 5. The van der Waals surface area contributed by atoms with Crippen LogP contribution in [0.25, 0.3) is 5.65 Å². The van der Waals surface area contributed by atoms with E-state index < -0.39 is 0 Å². The zero-order valence-corrected chi connectivity index (χ0v) is 18.0. The first-order chi connectivity index (χ1) is 13.5. The molecule has 1 aromatic carbocycles. The van der Waals surface area contributed by atoms with Crippen molar-refractivity contribution in [2.75, 3.05) is 30.4 Å². The lowest BCUT2D eigenvalue weighted by atomic mass is 10.2. The molecule has 3 rings (SSSR count). The summed E-state index contributed by atoms with van der Waals surface area (Å²) >= 11 is 6.26. The summed E-state index contributed by atoms with van der Waals surface area (Å²) in [5, 5.41) is 8.65. The maximum atomic E-state index is 6.26. The van der Waals surface area contributed by atoms with Crippen molar-refractivity contribution in [1.82, 2.24) is 14.6 Å². The number of aromatic nitrogens is 3. The highest BCUT2D eigenvalue weighted by Crippen LogP contribution is 2.35. The first-order valence-electron chi connectivity index (χ1n) is 9.70. The molecule has 28 heavy (non-hydrogen) atoms. The minimum atomic E-state index is 0.677. The smallest absolute Gasteiger partial charge is 0.159 e. The number of anilines is 3. The van der Waals surface area contributed by atoms with Crippen LogP contribution in [0, 0.1) is 13.8 Å². The predicted octanol–water partition coefficient (Wildman–Crippen LogP) is 5.38. The molecular formula is C21H28ClN5O. The fourth-order valence-corrected chi connectivity index (χ4v) is 3.57. The summed E-state index contributed by atoms with van der Waals surface area (Å²) < 4.78 is 7.44. The average molecular weight is 402 g/mol. The highest BCUT2D eigenvalue weighted by atomic mass is 35.5. The SMILES string of the molecule is CCCN(CCC)c1c(C)c(Nc2cc(C)c(Cl)cc2OC)nc2ccnn12. The van der Waals surface area contributed by atoms with Crippen LogP contribution in [0.4, 0.5) is 17.3 Å². The number of hydrogen-bond donors (Lipinski definition) is 1. The van der Waals surface area contributed by atoms with Gasteiger partial charge in [0, 0.05) is 35.8 Å². The summed E-state index contributed by atoms with van der Waals surface area (Å²) in [5.74, 6) is 2.55. The van der Waals surface area contributed by atoms with Crippen LogP contribution in [0.3, 0.4) is 0 Å². The molecule has 0 aliphatic rings. The molecule has 0 aliphatic heterocycles. The normalized spacial score (nSPS) is 11.1. The summed E-state index contributed by atoms with van der Waals surface area (Å²) in [6.07, 6.45) is 3.92. The fraction of sp³-hybridized carbons (Fsp3) is 0.429. The molecule has 150 valence electrons. The lowest BCUT2D eigenvalue weighted by Crippen LogP contribution is -2.28. The van der Waals surface area contributed by atoms with Gasteiger partial charge in [-0.1, -0.05) is 25.4 Å². The van der Waals surface area contributed by atoms with Gasteiger partial charge in [0.25, 0.3) is 0 Å². The van der Waals surface area contributed by atoms with Crippen molar-refractivity contribution in [3.63, 3.8) is 0 Å². The molecule has 3 aromatic rings. The topological polar surface area (TPSA) is 54.7 Å². The van der Waals surface area contributed by atoms with E-state index >= 15 is 0 Å². The second kappa shape index (κ2) is 8.69. The Morgan fingerprint density at radius 3 is 2.54 bits per heavy atom. The number of nitrogens with one attached hydrogen (secondary N) is 1. The largest absolute Gasteiger partial charge is 0.495 e. The third kappa shape index (κ3) is 3.87. The lowest BCUT2D eigenvalue weighted by molar-refractivity contribution is 0.416. The second-order valence-corrected chi connectivity index (χ2v) is 7.33. The van der Waals surface area contributed by atoms with Gasteiger partial charge in [0.05, 0.1) is 19.0 Å². The van der Waals surface area contributed by atoms with Gasteiger partial charge in [0.1, 0.15) is 17.4 Å². The maximum Gasteiger partial charge on any atom is 0.159 e. The van der Waals surface area contributed by atoms with Crippen molar-refractivity contribution < 1.29 is 4.74 Å². The summed E-state index contributed by atoms with van der Waals surface area (Å²) in [7, 11) is 1.64. The molecule has 2 aromatic heterocycles. The van der Waals surface area contributed by atoms with Crippen molar-refractivity contribution in [3.05, 3.63) is 40.5 Å². The van der Waals surface area contributed by atoms with E-state index in [1.807, 2.05) is 29.6 Å². The monoisotopic (exact) mass is 401 g/mol. The highest BCUT2D eigenvalue weighted by Gasteiger charge is 2.19. The van der Waals surface area contributed by atoms with Gasteiger partial charge < -0.3 is 15.0 Å². The Kier molecular flexibility index (Phi) is 6.29. The Bertz CT molecular complexity index is 963. The molecule has 0 unspecified atom stereocenters. The molecule has 1 N–H and O–H groups in total. The van der Waals surface area contributed by atoms with Crippen molar-refractivity contribution in [3.8, 4) is 5.75 Å². The molecule has 0 fully saturated rings. The Balaban J connectivity index is 2.13. The van der Waals surface area contributed by atoms with Gasteiger partial charge in [-0.25, -0.2) is 4.98 Å². The molecule has 0 saturated carbocycles. The Morgan fingerprint density at radius 1 is 1.18 bits per heavy atom. The first-order valence-corrected chi connectivity index (χ1v) is 10.1. The minimum absolute atomic E-state index is 0.677. The van der Waals surface area contributed by atoms with Crippen LogP contribution in [0.1, 0.15) is 37.8 Å². The Morgan fingerprint density at radius 2 is 1.89 bits per heavy atom. The first kappa shape index (κ1) is 20.3. The minimum Gasteiger partial charge on any atom is -0.495 e. The van der Waals surface area contributed by atoms with Crippen molar-refractivity contribution in [2.45, 2.75) is 40.5 Å². The van der Waals surface area contributed by atoms with Crippen molar-refractivity contribution in [2.24, 2.45) is 0 Å². The van der Waals surface area contributed by atoms with Crippen LogP contribution in [-0.2, 0) is 0 Å². The van der Waals surface area contributed by atoms with E-state index in [1.54, 1.807) is 13.3 Å². The summed E-state index contributed by atoms with van der Waals surface area (Å²) in [6.45, 7) is 10.4. The number of benzene rings is 1. The number of rotatable bonds is 8. The lowest BCUT2D eigenvalue weighted by Gasteiger charge is -2.27. The standard InChI is InChI=1S/C21H28ClN5O/c1-6-10-26(11-7-2)21-15(4)20(25-19-8-9-23-27(19)21)24-17-12-14(3)16(22)13-18(17)28-5/h8-9,12-13H,6-7,10-11H2,1-5H3,(H,24,25). The highest BCUT2D eigenvalue weighted by molar-refractivity contribution is 6.31. The molecule has 7 heteroatoms. The van der Waals surface area contributed by atoms with Crippen LogP contribution < -0.4 is 15.0 Å². The van der Waals surface area contributed by atoms with Crippen LogP contribution in [0.5, 0.6) is 5.75 Å². The van der Waals surface area contributed by atoms with Gasteiger partial charge in [-0.3, -0.25) is 0 Å². The maximum absolute atomic E-state index is 6.26. The number of fused-ring (bicyclic) bond motifs is 1. The van der Waals surface area contributed by atoms with E-state index in [-0.39, 0.29) is 0 Å². The summed E-state index contributed by atoms with van der Waals surface area (Å²) in [6, 6.07) is 5.74. The van der Waals surface area contributed by atoms with Gasteiger partial charge >= 0.3 is 0 Å². The van der Waals surface area contributed by atoms with Gasteiger partial charge in [0.15, 0.2) is 5.65 Å². The average Bonchev–Trinajstić information content (AvgIpc) is 3.13. The molecule has 0 amide bonds. The third-order valence-electron chi connectivity index (χ3n) is 4.76. The van der Waals surface area contributed by atoms with Gasteiger partial charge in [-0.2, -0.15) is 9.61 Å². The van der Waals surface area contributed by atoms with Gasteiger partial charge in [-0.05, 0) is 38.3 Å². The van der Waals surface area contributed by atoms with Crippen LogP contribution in [0.15, 0.2) is 24.4 Å². The van der Waals surface area contributed by atoms with E-state index in [0.29, 0.717) is 10.8 Å². The zero-order chi connectivity index (χ0) is 20.3. The van der Waals surface area contributed by atoms with Crippen LogP contribution >= 0.6 is 11.6 Å². The predicted molar refractivity (Wildman–Crippen MR) is 117 cm³/mol. The fourth-order valence-electron chi connectivity index (χ4n) is 3.42. The molecule has 0 saturated heterocycles. The van der Waals surface area contributed by atoms with E-state index in [0.717, 1.165) is 60.0 Å². The van der Waals surface area contributed by atoms with E-state index in [2.05, 4.69) is 36.1 Å². The quantitative estimate of drug-likeness (QED) is 0.549. The Hall–Kier alpha value is -2.47. The Labute approximate surface area is 171 Å². The van der Waals surface area contributed by atoms with E-state index in [9.17, 15) is 0 Å². The molecule has 0 radical (unpaired) electrons. The molecule has 0 spiro atoms. The number of halogens is 1. The molecular weight excluding hydrogens is 374 g/mol. The number of ether oxygens (including phenoxy) is 1. The summed E-state index contributed by atoms with van der Waals surface area (Å²) in [5.41, 5.74) is 3.68. The van der Waals surface area contributed by atoms with Crippen LogP contribution in [-0.4, -0.2) is 34.8 Å². The van der Waals surface area contributed by atoms with Gasteiger partial charge in [0.2, 0.25) is 0 Å². The number of aryl methyl sites for hydroxylation is 1. The molecule has 2 heterocycles. The van der Waals surface area contributed by atoms with Gasteiger partial charge in [-0.15, -0.1) is 0 Å². The van der Waals surface area contributed by atoms with Crippen molar-refractivity contribution >= 4 is 34.6 Å². The summed E-state index contributed by atoms with van der Waals surface area (Å²) in [4.78, 5) is 7.18. The molecule has 6 nitrogen and oxygen atoms in total. The zero-order valence-electron chi connectivity index (χ0n) is 17.2. The number of nitrogens with zero attached hydrogens (tertiary/aromatic N) is 4. The second-order valence-electron chi connectivity index (χ2n) is 6.92. The molecule has 0 atom stereocenters. The number of methoxy groups -OCH3 is 1. The van der Waals surface area contributed by atoms with E-state index in [1.165, 1.54) is 0 Å².